The van der Waals surface area contributed by atoms with E-state index >= 15 is 0 Å². The fraction of sp³-hybridized carbons (Fsp3) is 0.360. The van der Waals surface area contributed by atoms with Crippen molar-refractivity contribution in [1.82, 2.24) is 19.9 Å². The Bertz CT molecular complexity index is 1150. The van der Waals surface area contributed by atoms with Gasteiger partial charge in [-0.3, -0.25) is 9.69 Å². The number of ether oxygens (including phenoxy) is 1. The minimum absolute atomic E-state index is 0.0361. The molecule has 0 aliphatic carbocycles. The Labute approximate surface area is 198 Å². The average molecular weight is 465 g/mol. The van der Waals surface area contributed by atoms with Crippen molar-refractivity contribution in [3.05, 3.63) is 65.5 Å². The molecule has 2 N–H and O–H groups in total. The number of benzene rings is 1. The van der Waals surface area contributed by atoms with Crippen LogP contribution in [0.4, 0.5) is 21.7 Å². The Morgan fingerprint density at radius 1 is 1.12 bits per heavy atom. The van der Waals surface area contributed by atoms with E-state index in [0.29, 0.717) is 29.8 Å². The number of methoxy groups -OCH3 is 1. The second-order valence-corrected chi connectivity index (χ2v) is 8.49. The van der Waals surface area contributed by atoms with Crippen LogP contribution in [-0.2, 0) is 4.79 Å². The summed E-state index contributed by atoms with van der Waals surface area (Å²) in [6.45, 7) is 5.77. The SMILES string of the molecule is COc1ccc(C)c(NC(=O)CN2CCC(c3cc(Nc4ccc(F)cn4)nc(C)n3)CC2)c1. The Kier molecular flexibility index (Phi) is 7.32. The maximum atomic E-state index is 13.1. The molecule has 1 fully saturated rings. The van der Waals surface area contributed by atoms with E-state index in [1.165, 1.54) is 12.3 Å². The number of hydrogen-bond acceptors (Lipinski definition) is 7. The van der Waals surface area contributed by atoms with Crippen molar-refractivity contribution in [3.8, 4) is 5.75 Å². The highest BCUT2D eigenvalue weighted by Crippen LogP contribution is 2.29. The summed E-state index contributed by atoms with van der Waals surface area (Å²) in [5.41, 5.74) is 2.73. The summed E-state index contributed by atoms with van der Waals surface area (Å²) in [6, 6.07) is 10.5. The van der Waals surface area contributed by atoms with E-state index in [4.69, 9.17) is 4.74 Å². The summed E-state index contributed by atoms with van der Waals surface area (Å²) in [6.07, 6.45) is 2.96. The molecule has 0 spiro atoms. The first-order valence-corrected chi connectivity index (χ1v) is 11.3. The van der Waals surface area contributed by atoms with Crippen LogP contribution in [0, 0.1) is 19.7 Å². The van der Waals surface area contributed by atoms with Crippen LogP contribution in [0.2, 0.25) is 0 Å². The van der Waals surface area contributed by atoms with Gasteiger partial charge in [0.1, 0.15) is 29.0 Å². The van der Waals surface area contributed by atoms with Gasteiger partial charge in [-0.05, 0) is 63.5 Å². The fourth-order valence-corrected chi connectivity index (χ4v) is 4.09. The van der Waals surface area contributed by atoms with Gasteiger partial charge in [0.2, 0.25) is 5.91 Å². The molecule has 2 aromatic heterocycles. The van der Waals surface area contributed by atoms with Crippen LogP contribution in [0.15, 0.2) is 42.6 Å². The second-order valence-electron chi connectivity index (χ2n) is 8.49. The van der Waals surface area contributed by atoms with E-state index in [1.54, 1.807) is 13.2 Å². The molecule has 0 unspecified atom stereocenters. The number of nitrogens with zero attached hydrogens (tertiary/aromatic N) is 4. The van der Waals surface area contributed by atoms with Gasteiger partial charge in [0.25, 0.3) is 0 Å². The molecular weight excluding hydrogens is 435 g/mol. The number of anilines is 3. The smallest absolute Gasteiger partial charge is 0.238 e. The molecule has 0 radical (unpaired) electrons. The molecule has 178 valence electrons. The van der Waals surface area contributed by atoms with Crippen LogP contribution in [0.5, 0.6) is 5.75 Å². The molecule has 1 amide bonds. The van der Waals surface area contributed by atoms with Gasteiger partial charge in [-0.2, -0.15) is 0 Å². The van der Waals surface area contributed by atoms with Gasteiger partial charge in [0.05, 0.1) is 19.9 Å². The van der Waals surface area contributed by atoms with Gasteiger partial charge in [-0.25, -0.2) is 19.3 Å². The Hall–Kier alpha value is -3.59. The molecule has 0 atom stereocenters. The number of hydrogen-bond donors (Lipinski definition) is 2. The zero-order valence-corrected chi connectivity index (χ0v) is 19.6. The number of carbonyl (C=O) groups excluding carboxylic acids is 1. The molecule has 3 heterocycles. The summed E-state index contributed by atoms with van der Waals surface area (Å²) >= 11 is 0. The lowest BCUT2D eigenvalue weighted by atomic mass is 9.93. The lowest BCUT2D eigenvalue weighted by molar-refractivity contribution is -0.117. The lowest BCUT2D eigenvalue weighted by Crippen LogP contribution is -2.39. The maximum Gasteiger partial charge on any atom is 0.238 e. The number of rotatable bonds is 7. The number of likely N-dealkylation sites (tertiary alicyclic amines) is 1. The average Bonchev–Trinajstić information content (AvgIpc) is 2.82. The fourth-order valence-electron chi connectivity index (χ4n) is 4.09. The molecule has 1 aliphatic heterocycles. The molecule has 8 nitrogen and oxygen atoms in total. The van der Waals surface area contributed by atoms with E-state index in [9.17, 15) is 9.18 Å². The molecule has 1 saturated heterocycles. The number of aromatic nitrogens is 3. The monoisotopic (exact) mass is 464 g/mol. The van der Waals surface area contributed by atoms with E-state index in [-0.39, 0.29) is 17.6 Å². The van der Waals surface area contributed by atoms with Crippen LogP contribution in [-0.4, -0.2) is 52.5 Å². The minimum Gasteiger partial charge on any atom is -0.497 e. The van der Waals surface area contributed by atoms with Crippen LogP contribution in [0.1, 0.15) is 35.8 Å². The predicted octanol–water partition coefficient (Wildman–Crippen LogP) is 4.20. The maximum absolute atomic E-state index is 13.1. The van der Waals surface area contributed by atoms with Crippen molar-refractivity contribution in [2.45, 2.75) is 32.6 Å². The van der Waals surface area contributed by atoms with Crippen molar-refractivity contribution in [2.24, 2.45) is 0 Å². The lowest BCUT2D eigenvalue weighted by Gasteiger charge is -2.31. The largest absolute Gasteiger partial charge is 0.497 e. The van der Waals surface area contributed by atoms with Crippen LogP contribution in [0.3, 0.4) is 0 Å². The summed E-state index contributed by atoms with van der Waals surface area (Å²) in [5.74, 6) is 2.40. The topological polar surface area (TPSA) is 92.3 Å². The second kappa shape index (κ2) is 10.6. The summed E-state index contributed by atoms with van der Waals surface area (Å²) in [7, 11) is 1.61. The summed E-state index contributed by atoms with van der Waals surface area (Å²) in [5, 5.41) is 6.12. The first kappa shape index (κ1) is 23.6. The van der Waals surface area contributed by atoms with Crippen molar-refractivity contribution in [3.63, 3.8) is 0 Å². The Morgan fingerprint density at radius 2 is 1.91 bits per heavy atom. The third kappa shape index (κ3) is 6.05. The molecule has 9 heteroatoms. The van der Waals surface area contributed by atoms with Crippen LogP contribution >= 0.6 is 0 Å². The Balaban J connectivity index is 1.33. The minimum atomic E-state index is -0.385. The number of pyridine rings is 1. The normalized spacial score (nSPS) is 14.6. The van der Waals surface area contributed by atoms with E-state index in [1.807, 2.05) is 38.1 Å². The van der Waals surface area contributed by atoms with Crippen LogP contribution in [0.25, 0.3) is 0 Å². The molecular formula is C25H29FN6O2. The van der Waals surface area contributed by atoms with Gasteiger partial charge in [-0.15, -0.1) is 0 Å². The molecule has 1 aliphatic rings. The highest BCUT2D eigenvalue weighted by Gasteiger charge is 2.24. The van der Waals surface area contributed by atoms with Gasteiger partial charge >= 0.3 is 0 Å². The number of aryl methyl sites for hydroxylation is 2. The number of nitrogens with one attached hydrogen (secondary N) is 2. The highest BCUT2D eigenvalue weighted by atomic mass is 19.1. The number of amides is 1. The van der Waals surface area contributed by atoms with Crippen molar-refractivity contribution in [2.75, 3.05) is 37.4 Å². The molecule has 1 aromatic carbocycles. The first-order valence-electron chi connectivity index (χ1n) is 11.3. The van der Waals surface area contributed by atoms with E-state index < -0.39 is 0 Å². The predicted molar refractivity (Wildman–Crippen MR) is 129 cm³/mol. The highest BCUT2D eigenvalue weighted by molar-refractivity contribution is 5.93. The summed E-state index contributed by atoms with van der Waals surface area (Å²) in [4.78, 5) is 27.9. The number of carbonyl (C=O) groups is 1. The van der Waals surface area contributed by atoms with Crippen molar-refractivity contribution >= 4 is 23.2 Å². The molecule has 0 bridgehead atoms. The number of piperidine rings is 1. The molecule has 4 rings (SSSR count). The Morgan fingerprint density at radius 3 is 2.62 bits per heavy atom. The van der Waals surface area contributed by atoms with Gasteiger partial charge < -0.3 is 15.4 Å². The zero-order valence-electron chi connectivity index (χ0n) is 19.6. The molecule has 3 aromatic rings. The quantitative estimate of drug-likeness (QED) is 0.541. The van der Waals surface area contributed by atoms with E-state index in [2.05, 4.69) is 30.5 Å². The van der Waals surface area contributed by atoms with Crippen LogP contribution < -0.4 is 15.4 Å². The summed E-state index contributed by atoms with van der Waals surface area (Å²) < 4.78 is 18.4. The third-order valence-electron chi connectivity index (χ3n) is 5.93. The standard InChI is InChI=1S/C25H29FN6O2/c1-16-4-6-20(34-3)12-21(16)30-25(33)15-32-10-8-18(9-11-32)22-13-24(29-17(2)28-22)31-23-7-5-19(26)14-27-23/h4-7,12-14,18H,8-11,15H2,1-3H3,(H,30,33)(H,27,28,29,31). The van der Waals surface area contributed by atoms with Crippen molar-refractivity contribution in [1.29, 1.82) is 0 Å². The third-order valence-corrected chi connectivity index (χ3v) is 5.93. The van der Waals surface area contributed by atoms with Gasteiger partial charge in [-0.1, -0.05) is 6.07 Å². The first-order chi connectivity index (χ1) is 16.4. The van der Waals surface area contributed by atoms with Gasteiger partial charge in [0.15, 0.2) is 0 Å². The number of halogens is 1. The van der Waals surface area contributed by atoms with Gasteiger partial charge in [0, 0.05) is 29.4 Å². The zero-order chi connectivity index (χ0) is 24.1. The molecule has 0 saturated carbocycles. The molecule has 34 heavy (non-hydrogen) atoms. The van der Waals surface area contributed by atoms with Crippen molar-refractivity contribution < 1.29 is 13.9 Å². The van der Waals surface area contributed by atoms with E-state index in [0.717, 1.165) is 42.9 Å².